The molecule has 0 saturated carbocycles. The Hall–Kier alpha value is -3.34. The third-order valence-electron chi connectivity index (χ3n) is 5.77. The Morgan fingerprint density at radius 3 is 2.28 bits per heavy atom. The Kier molecular flexibility index (Phi) is 4.64. The number of nitrogens with zero attached hydrogens (tertiary/aromatic N) is 3. The molecule has 1 N–H and O–H groups in total. The molecule has 0 spiro atoms. The number of benzene rings is 2. The smallest absolute Gasteiger partial charge is 0.272 e. The second kappa shape index (κ2) is 7.59. The van der Waals surface area contributed by atoms with Gasteiger partial charge in [0, 0.05) is 36.4 Å². The molecule has 0 radical (unpaired) electrons. The summed E-state index contributed by atoms with van der Waals surface area (Å²) in [4.78, 5) is 14.7. The van der Waals surface area contributed by atoms with Gasteiger partial charge in [-0.15, -0.1) is 0 Å². The van der Waals surface area contributed by atoms with Crippen molar-refractivity contribution in [2.75, 3.05) is 18.0 Å². The Morgan fingerprint density at radius 2 is 1.52 bits per heavy atom. The van der Waals surface area contributed by atoms with Crippen molar-refractivity contribution in [3.05, 3.63) is 77.3 Å². The fourth-order valence-electron chi connectivity index (χ4n) is 4.29. The number of hydrogen-bond acceptors (Lipinski definition) is 3. The summed E-state index contributed by atoms with van der Waals surface area (Å²) < 4.78 is 2.16. The lowest BCUT2D eigenvalue weighted by atomic mass is 10.0. The minimum atomic E-state index is -0.156. The minimum absolute atomic E-state index is 0.156. The maximum absolute atomic E-state index is 12.2. The van der Waals surface area contributed by atoms with E-state index in [9.17, 15) is 4.79 Å². The largest absolute Gasteiger partial charge is 0.370 e. The molecule has 5 rings (SSSR count). The summed E-state index contributed by atoms with van der Waals surface area (Å²) in [7, 11) is 0. The van der Waals surface area contributed by atoms with Crippen LogP contribution in [0.2, 0.25) is 0 Å². The molecule has 0 bridgehead atoms. The normalized spacial score (nSPS) is 14.8. The van der Waals surface area contributed by atoms with Crippen LogP contribution in [0.25, 0.3) is 27.7 Å². The molecule has 1 saturated heterocycles. The second-order valence-corrected chi connectivity index (χ2v) is 7.64. The van der Waals surface area contributed by atoms with Gasteiger partial charge in [0.2, 0.25) is 0 Å². The van der Waals surface area contributed by atoms with Crippen molar-refractivity contribution in [1.82, 2.24) is 14.8 Å². The molecule has 1 aliphatic heterocycles. The molecule has 1 aliphatic rings. The predicted octanol–water partition coefficient (Wildman–Crippen LogP) is 4.76. The van der Waals surface area contributed by atoms with Crippen molar-refractivity contribution in [2.24, 2.45) is 0 Å². The first kappa shape index (κ1) is 17.7. The van der Waals surface area contributed by atoms with Crippen LogP contribution in [0.1, 0.15) is 25.7 Å². The van der Waals surface area contributed by atoms with Crippen LogP contribution in [0.15, 0.2) is 71.8 Å². The van der Waals surface area contributed by atoms with E-state index < -0.39 is 0 Å². The van der Waals surface area contributed by atoms with Crippen LogP contribution in [0.3, 0.4) is 0 Å². The van der Waals surface area contributed by atoms with Gasteiger partial charge in [0.15, 0.2) is 0 Å². The zero-order valence-corrected chi connectivity index (χ0v) is 16.3. The van der Waals surface area contributed by atoms with Crippen molar-refractivity contribution in [2.45, 2.75) is 25.7 Å². The van der Waals surface area contributed by atoms with E-state index in [1.165, 1.54) is 31.4 Å². The van der Waals surface area contributed by atoms with Gasteiger partial charge in [-0.1, -0.05) is 37.1 Å². The summed E-state index contributed by atoms with van der Waals surface area (Å²) in [5.41, 5.74) is 4.04. The van der Waals surface area contributed by atoms with E-state index in [1.54, 1.807) is 0 Å². The molecule has 1 fully saturated rings. The molecule has 0 amide bonds. The number of fused-ring (bicyclic) bond motifs is 1. The molecule has 5 heteroatoms. The number of anilines is 1. The molecule has 146 valence electrons. The molecule has 2 aromatic carbocycles. The summed E-state index contributed by atoms with van der Waals surface area (Å²) >= 11 is 0. The first-order chi connectivity index (χ1) is 14.3. The topological polar surface area (TPSA) is 53.9 Å². The summed E-state index contributed by atoms with van der Waals surface area (Å²) in [6.07, 6.45) is 9.25. The molecule has 0 aliphatic carbocycles. The zero-order chi connectivity index (χ0) is 19.6. The Labute approximate surface area is 169 Å². The van der Waals surface area contributed by atoms with Crippen LogP contribution in [0.4, 0.5) is 5.69 Å². The van der Waals surface area contributed by atoms with Gasteiger partial charge in [0.25, 0.3) is 5.56 Å². The van der Waals surface area contributed by atoms with E-state index in [4.69, 9.17) is 0 Å². The number of hydrogen-bond donors (Lipinski definition) is 1. The van der Waals surface area contributed by atoms with Crippen LogP contribution in [-0.4, -0.2) is 27.9 Å². The van der Waals surface area contributed by atoms with E-state index in [2.05, 4.69) is 50.3 Å². The molecular weight excluding hydrogens is 360 g/mol. The van der Waals surface area contributed by atoms with Crippen LogP contribution in [-0.2, 0) is 0 Å². The molecule has 0 unspecified atom stereocenters. The fourth-order valence-corrected chi connectivity index (χ4v) is 4.29. The lowest BCUT2D eigenvalue weighted by Gasteiger charge is -2.26. The maximum Gasteiger partial charge on any atom is 0.272 e. The van der Waals surface area contributed by atoms with Crippen molar-refractivity contribution in [3.8, 4) is 16.9 Å². The minimum Gasteiger partial charge on any atom is -0.370 e. The van der Waals surface area contributed by atoms with Gasteiger partial charge in [0.1, 0.15) is 0 Å². The third kappa shape index (κ3) is 3.33. The monoisotopic (exact) mass is 384 g/mol. The number of nitrogens with one attached hydrogen (secondary N) is 1. The van der Waals surface area contributed by atoms with Gasteiger partial charge in [0.05, 0.1) is 22.5 Å². The fraction of sp³-hybridized carbons (Fsp3) is 0.250. The second-order valence-electron chi connectivity index (χ2n) is 7.64. The van der Waals surface area contributed by atoms with Gasteiger partial charge in [-0.25, -0.2) is 5.10 Å². The maximum atomic E-state index is 12.2. The molecule has 3 heterocycles. The van der Waals surface area contributed by atoms with E-state index in [-0.39, 0.29) is 5.56 Å². The van der Waals surface area contributed by atoms with Crippen LogP contribution >= 0.6 is 0 Å². The molecule has 2 aromatic heterocycles. The van der Waals surface area contributed by atoms with Crippen molar-refractivity contribution in [1.29, 1.82) is 0 Å². The highest BCUT2D eigenvalue weighted by atomic mass is 16.1. The average molecular weight is 384 g/mol. The lowest BCUT2D eigenvalue weighted by molar-refractivity contribution is 0.726. The number of rotatable bonds is 3. The highest BCUT2D eigenvalue weighted by molar-refractivity contribution is 5.94. The summed E-state index contributed by atoms with van der Waals surface area (Å²) in [5, 5.41) is 8.59. The average Bonchev–Trinajstić information content (AvgIpc) is 3.17. The standard InChI is InChI=1S/C24H24N4O/c29-24-20-10-4-3-9-19(20)23(25-26-24)18-11-12-21(27-13-5-1-2-6-14-27)22(17-18)28-15-7-8-16-28/h3-4,7-12,15-17H,1-2,5-6,13-14H2,(H,26,29). The van der Waals surface area contributed by atoms with Gasteiger partial charge in [-0.05, 0) is 43.2 Å². The van der Waals surface area contributed by atoms with Crippen molar-refractivity contribution >= 4 is 16.5 Å². The summed E-state index contributed by atoms with van der Waals surface area (Å²) in [6, 6.07) is 18.3. The van der Waals surface area contributed by atoms with Gasteiger partial charge in [-0.3, -0.25) is 4.79 Å². The molecule has 29 heavy (non-hydrogen) atoms. The van der Waals surface area contributed by atoms with Crippen molar-refractivity contribution in [3.63, 3.8) is 0 Å². The lowest BCUT2D eigenvalue weighted by Crippen LogP contribution is -2.25. The van der Waals surface area contributed by atoms with E-state index in [1.807, 2.05) is 36.4 Å². The Bertz CT molecular complexity index is 1190. The van der Waals surface area contributed by atoms with Gasteiger partial charge in [-0.2, -0.15) is 5.10 Å². The SMILES string of the molecule is O=c1[nH]nc(-c2ccc(N3CCCCCC3)c(-n3cccc3)c2)c2ccccc12. The van der Waals surface area contributed by atoms with Crippen molar-refractivity contribution < 1.29 is 0 Å². The van der Waals surface area contributed by atoms with E-state index in [0.29, 0.717) is 5.39 Å². The predicted molar refractivity (Wildman–Crippen MR) is 118 cm³/mol. The van der Waals surface area contributed by atoms with Crippen LogP contribution < -0.4 is 10.5 Å². The highest BCUT2D eigenvalue weighted by Crippen LogP contribution is 2.33. The van der Waals surface area contributed by atoms with Gasteiger partial charge < -0.3 is 9.47 Å². The van der Waals surface area contributed by atoms with Gasteiger partial charge >= 0.3 is 0 Å². The third-order valence-corrected chi connectivity index (χ3v) is 5.77. The first-order valence-electron chi connectivity index (χ1n) is 10.3. The molecule has 0 atom stereocenters. The first-order valence-corrected chi connectivity index (χ1v) is 10.3. The number of H-pyrrole nitrogens is 1. The molecular formula is C24H24N4O. The number of aromatic amines is 1. The van der Waals surface area contributed by atoms with E-state index >= 15 is 0 Å². The van der Waals surface area contributed by atoms with E-state index in [0.717, 1.165) is 35.4 Å². The highest BCUT2D eigenvalue weighted by Gasteiger charge is 2.17. The Morgan fingerprint density at radius 1 is 0.793 bits per heavy atom. The van der Waals surface area contributed by atoms with Crippen LogP contribution in [0, 0.1) is 0 Å². The summed E-state index contributed by atoms with van der Waals surface area (Å²) in [5.74, 6) is 0. The molecule has 5 nitrogen and oxygen atoms in total. The summed E-state index contributed by atoms with van der Waals surface area (Å²) in [6.45, 7) is 2.18. The molecule has 4 aromatic rings. The van der Waals surface area contributed by atoms with Crippen LogP contribution in [0.5, 0.6) is 0 Å². The quantitative estimate of drug-likeness (QED) is 0.554. The Balaban J connectivity index is 1.67. The number of aromatic nitrogens is 3. The zero-order valence-electron chi connectivity index (χ0n) is 16.3.